The van der Waals surface area contributed by atoms with Gasteiger partial charge in [-0.3, -0.25) is 4.79 Å². The van der Waals surface area contributed by atoms with Crippen molar-refractivity contribution < 1.29 is 9.59 Å². The van der Waals surface area contributed by atoms with Gasteiger partial charge in [0.25, 0.3) is 5.91 Å². The molecule has 0 aliphatic carbocycles. The molecule has 0 aliphatic heterocycles. The highest BCUT2D eigenvalue weighted by atomic mass is 79.9. The van der Waals surface area contributed by atoms with E-state index in [1.165, 1.54) is 4.90 Å². The molecule has 19 heavy (non-hydrogen) atoms. The van der Waals surface area contributed by atoms with Crippen molar-refractivity contribution in [2.45, 2.75) is 5.33 Å². The van der Waals surface area contributed by atoms with Crippen LogP contribution in [0.15, 0.2) is 24.3 Å². The van der Waals surface area contributed by atoms with Crippen molar-refractivity contribution in [1.29, 1.82) is 0 Å². The number of carbonyl (C=O) groups is 2. The Labute approximate surface area is 121 Å². The highest BCUT2D eigenvalue weighted by Gasteiger charge is 2.05. The van der Waals surface area contributed by atoms with E-state index in [0.29, 0.717) is 18.7 Å². The first kappa shape index (κ1) is 15.5. The van der Waals surface area contributed by atoms with Gasteiger partial charge in [-0.15, -0.1) is 0 Å². The number of benzene rings is 1. The van der Waals surface area contributed by atoms with Crippen LogP contribution in [-0.4, -0.2) is 44.0 Å². The van der Waals surface area contributed by atoms with Gasteiger partial charge in [0.2, 0.25) is 0 Å². The Bertz CT molecular complexity index is 432. The summed E-state index contributed by atoms with van der Waals surface area (Å²) in [5, 5.41) is 6.19. The monoisotopic (exact) mass is 327 g/mol. The van der Waals surface area contributed by atoms with Gasteiger partial charge in [-0.2, -0.15) is 0 Å². The summed E-state index contributed by atoms with van der Waals surface area (Å²) in [4.78, 5) is 24.4. The average Bonchev–Trinajstić information content (AvgIpc) is 2.43. The lowest BCUT2D eigenvalue weighted by Gasteiger charge is -2.12. The summed E-state index contributed by atoms with van der Waals surface area (Å²) in [6.07, 6.45) is 0. The molecule has 0 fully saturated rings. The zero-order valence-electron chi connectivity index (χ0n) is 11.1. The molecule has 2 N–H and O–H groups in total. The van der Waals surface area contributed by atoms with Gasteiger partial charge in [0.05, 0.1) is 0 Å². The second kappa shape index (κ2) is 7.78. The fraction of sp³-hybridized carbons (Fsp3) is 0.385. The summed E-state index contributed by atoms with van der Waals surface area (Å²) in [5.41, 5.74) is 1.73. The normalized spacial score (nSPS) is 9.84. The molecule has 0 atom stereocenters. The first-order valence-electron chi connectivity index (χ1n) is 5.93. The van der Waals surface area contributed by atoms with E-state index in [9.17, 15) is 9.59 Å². The number of urea groups is 1. The lowest BCUT2D eigenvalue weighted by Crippen LogP contribution is -2.39. The zero-order valence-corrected chi connectivity index (χ0v) is 12.7. The second-order valence-corrected chi connectivity index (χ2v) is 4.77. The molecule has 1 rings (SSSR count). The highest BCUT2D eigenvalue weighted by Crippen LogP contribution is 2.07. The molecule has 0 saturated carbocycles. The molecule has 0 aliphatic rings. The quantitative estimate of drug-likeness (QED) is 0.637. The molecule has 5 nitrogen and oxygen atoms in total. The van der Waals surface area contributed by atoms with Gasteiger partial charge in [0, 0.05) is 38.1 Å². The van der Waals surface area contributed by atoms with Crippen LogP contribution in [0.5, 0.6) is 0 Å². The van der Waals surface area contributed by atoms with Gasteiger partial charge in [0.1, 0.15) is 0 Å². The molecule has 1 aromatic rings. The van der Waals surface area contributed by atoms with Crippen LogP contribution in [0.1, 0.15) is 15.9 Å². The second-order valence-electron chi connectivity index (χ2n) is 4.21. The van der Waals surface area contributed by atoms with Crippen LogP contribution >= 0.6 is 15.9 Å². The maximum Gasteiger partial charge on any atom is 0.316 e. The zero-order chi connectivity index (χ0) is 14.3. The first-order chi connectivity index (χ1) is 9.04. The van der Waals surface area contributed by atoms with Gasteiger partial charge >= 0.3 is 6.03 Å². The Kier molecular flexibility index (Phi) is 6.35. The lowest BCUT2D eigenvalue weighted by molar-refractivity contribution is 0.0953. The number of nitrogens with zero attached hydrogens (tertiary/aromatic N) is 1. The van der Waals surface area contributed by atoms with Crippen LogP contribution in [0.4, 0.5) is 4.79 Å². The van der Waals surface area contributed by atoms with E-state index in [-0.39, 0.29) is 11.9 Å². The maximum atomic E-state index is 11.8. The van der Waals surface area contributed by atoms with Crippen LogP contribution in [0.2, 0.25) is 0 Å². The van der Waals surface area contributed by atoms with Crippen LogP contribution in [0.25, 0.3) is 0 Å². The molecule has 0 heterocycles. The van der Waals surface area contributed by atoms with E-state index >= 15 is 0 Å². The van der Waals surface area contributed by atoms with E-state index < -0.39 is 0 Å². The van der Waals surface area contributed by atoms with Crippen molar-refractivity contribution in [3.05, 3.63) is 35.4 Å². The van der Waals surface area contributed by atoms with Crippen LogP contribution in [-0.2, 0) is 5.33 Å². The Hall–Kier alpha value is -1.56. The third kappa shape index (κ3) is 5.30. The number of rotatable bonds is 5. The third-order valence-corrected chi connectivity index (χ3v) is 3.11. The van der Waals surface area contributed by atoms with Gasteiger partial charge in [0.15, 0.2) is 0 Å². The summed E-state index contributed by atoms with van der Waals surface area (Å²) in [5.74, 6) is -0.139. The number of halogens is 1. The fourth-order valence-corrected chi connectivity index (χ4v) is 1.72. The highest BCUT2D eigenvalue weighted by molar-refractivity contribution is 9.08. The smallest absolute Gasteiger partial charge is 0.316 e. The number of amides is 3. The third-order valence-electron chi connectivity index (χ3n) is 2.46. The number of hydrogen-bond acceptors (Lipinski definition) is 2. The topological polar surface area (TPSA) is 61.4 Å². The molecule has 6 heteroatoms. The van der Waals surface area contributed by atoms with Gasteiger partial charge in [-0.05, 0) is 17.7 Å². The van der Waals surface area contributed by atoms with Crippen molar-refractivity contribution >= 4 is 27.9 Å². The minimum atomic E-state index is -0.170. The number of alkyl halides is 1. The summed E-state index contributed by atoms with van der Waals surface area (Å²) >= 11 is 3.35. The lowest BCUT2D eigenvalue weighted by atomic mass is 10.1. The molecular formula is C13H18BrN3O2. The Morgan fingerprint density at radius 1 is 1.11 bits per heavy atom. The van der Waals surface area contributed by atoms with E-state index in [1.54, 1.807) is 26.2 Å². The summed E-state index contributed by atoms with van der Waals surface area (Å²) in [7, 11) is 3.33. The molecule has 0 radical (unpaired) electrons. The standard InChI is InChI=1S/C13H18BrN3O2/c1-17(2)13(19)16-8-7-15-12(18)11-5-3-10(9-14)4-6-11/h3-6H,7-9H2,1-2H3,(H,15,18)(H,16,19). The molecule has 0 spiro atoms. The van der Waals surface area contributed by atoms with Crippen molar-refractivity contribution in [2.75, 3.05) is 27.2 Å². The summed E-state index contributed by atoms with van der Waals surface area (Å²) < 4.78 is 0. The Morgan fingerprint density at radius 2 is 1.68 bits per heavy atom. The maximum absolute atomic E-state index is 11.8. The number of hydrogen-bond donors (Lipinski definition) is 2. The van der Waals surface area contributed by atoms with E-state index in [4.69, 9.17) is 0 Å². The molecule has 0 unspecified atom stereocenters. The van der Waals surface area contributed by atoms with Gasteiger partial charge in [-0.1, -0.05) is 28.1 Å². The van der Waals surface area contributed by atoms with Crippen LogP contribution in [0, 0.1) is 0 Å². The molecular weight excluding hydrogens is 310 g/mol. The summed E-state index contributed by atoms with van der Waals surface area (Å²) in [6, 6.07) is 7.19. The summed E-state index contributed by atoms with van der Waals surface area (Å²) in [6.45, 7) is 0.806. The predicted molar refractivity (Wildman–Crippen MR) is 78.5 cm³/mol. The van der Waals surface area contributed by atoms with Crippen molar-refractivity contribution in [1.82, 2.24) is 15.5 Å². The van der Waals surface area contributed by atoms with Gasteiger partial charge < -0.3 is 15.5 Å². The largest absolute Gasteiger partial charge is 0.350 e. The minimum Gasteiger partial charge on any atom is -0.350 e. The Morgan fingerprint density at radius 3 is 2.21 bits per heavy atom. The Balaban J connectivity index is 2.33. The van der Waals surface area contributed by atoms with Crippen LogP contribution < -0.4 is 10.6 Å². The molecule has 1 aromatic carbocycles. The fourth-order valence-electron chi connectivity index (χ4n) is 1.35. The first-order valence-corrected chi connectivity index (χ1v) is 7.05. The van der Waals surface area contributed by atoms with E-state index in [0.717, 1.165) is 10.9 Å². The average molecular weight is 328 g/mol. The van der Waals surface area contributed by atoms with E-state index in [1.807, 2.05) is 12.1 Å². The van der Waals surface area contributed by atoms with Crippen molar-refractivity contribution in [3.8, 4) is 0 Å². The number of carbonyl (C=O) groups excluding carboxylic acids is 2. The molecule has 0 saturated heterocycles. The molecule has 0 aromatic heterocycles. The van der Waals surface area contributed by atoms with Gasteiger partial charge in [-0.25, -0.2) is 4.79 Å². The number of nitrogens with one attached hydrogen (secondary N) is 2. The van der Waals surface area contributed by atoms with Crippen molar-refractivity contribution in [3.63, 3.8) is 0 Å². The minimum absolute atomic E-state index is 0.139. The molecule has 0 bridgehead atoms. The van der Waals surface area contributed by atoms with Crippen molar-refractivity contribution in [2.24, 2.45) is 0 Å². The molecule has 104 valence electrons. The predicted octanol–water partition coefficient (Wildman–Crippen LogP) is 1.58. The van der Waals surface area contributed by atoms with Crippen LogP contribution in [0.3, 0.4) is 0 Å². The molecule has 3 amide bonds. The van der Waals surface area contributed by atoms with E-state index in [2.05, 4.69) is 26.6 Å². The SMILES string of the molecule is CN(C)C(=O)NCCNC(=O)c1ccc(CBr)cc1.